The zero-order chi connectivity index (χ0) is 11.4. The van der Waals surface area contributed by atoms with Gasteiger partial charge in [0.05, 0.1) is 19.3 Å². The van der Waals surface area contributed by atoms with Crippen LogP contribution in [-0.4, -0.2) is 24.6 Å². The van der Waals surface area contributed by atoms with E-state index in [2.05, 4.69) is 15.9 Å². The van der Waals surface area contributed by atoms with Gasteiger partial charge in [0.25, 0.3) is 0 Å². The maximum atomic E-state index is 9.95. The minimum absolute atomic E-state index is 0.134. The van der Waals surface area contributed by atoms with Crippen molar-refractivity contribution < 1.29 is 14.6 Å². The van der Waals surface area contributed by atoms with Crippen LogP contribution in [0.1, 0.15) is 24.5 Å². The summed E-state index contributed by atoms with van der Waals surface area (Å²) in [5.74, 6) is 0. The minimum atomic E-state index is -0.444. The standard InChI is InChI=1S/C12H15BrO3/c13-10-3-1-9(2-4-10)11(14)5-6-12-15-7-8-16-12/h1-4,11-12,14H,5-8H2. The van der Waals surface area contributed by atoms with Crippen molar-refractivity contribution >= 4 is 15.9 Å². The smallest absolute Gasteiger partial charge is 0.157 e. The van der Waals surface area contributed by atoms with E-state index < -0.39 is 6.10 Å². The second-order valence-corrected chi connectivity index (χ2v) is 4.73. The van der Waals surface area contributed by atoms with Crippen molar-refractivity contribution in [1.29, 1.82) is 0 Å². The van der Waals surface area contributed by atoms with Crippen LogP contribution >= 0.6 is 15.9 Å². The van der Waals surface area contributed by atoms with E-state index in [1.165, 1.54) is 0 Å². The number of ether oxygens (including phenoxy) is 2. The number of rotatable bonds is 4. The summed E-state index contributed by atoms with van der Waals surface area (Å²) >= 11 is 3.37. The van der Waals surface area contributed by atoms with Crippen molar-refractivity contribution in [3.63, 3.8) is 0 Å². The number of aliphatic hydroxyl groups is 1. The summed E-state index contributed by atoms with van der Waals surface area (Å²) in [5, 5.41) is 9.95. The fourth-order valence-corrected chi connectivity index (χ4v) is 1.98. The van der Waals surface area contributed by atoms with Gasteiger partial charge in [-0.15, -0.1) is 0 Å². The molecular formula is C12H15BrO3. The molecule has 88 valence electrons. The topological polar surface area (TPSA) is 38.7 Å². The fourth-order valence-electron chi connectivity index (χ4n) is 1.72. The highest BCUT2D eigenvalue weighted by atomic mass is 79.9. The third kappa shape index (κ3) is 3.28. The molecular weight excluding hydrogens is 272 g/mol. The molecule has 1 atom stereocenters. The van der Waals surface area contributed by atoms with Crippen molar-refractivity contribution in [3.8, 4) is 0 Å². The highest BCUT2D eigenvalue weighted by Crippen LogP contribution is 2.22. The highest BCUT2D eigenvalue weighted by molar-refractivity contribution is 9.10. The quantitative estimate of drug-likeness (QED) is 0.925. The monoisotopic (exact) mass is 286 g/mol. The molecule has 1 unspecified atom stereocenters. The van der Waals surface area contributed by atoms with Gasteiger partial charge < -0.3 is 14.6 Å². The molecule has 0 bridgehead atoms. The van der Waals surface area contributed by atoms with E-state index in [9.17, 15) is 5.11 Å². The van der Waals surface area contributed by atoms with Crippen LogP contribution in [0.15, 0.2) is 28.7 Å². The van der Waals surface area contributed by atoms with Crippen LogP contribution in [0.4, 0.5) is 0 Å². The van der Waals surface area contributed by atoms with Gasteiger partial charge in [0.1, 0.15) is 0 Å². The molecule has 2 rings (SSSR count). The molecule has 16 heavy (non-hydrogen) atoms. The Bertz CT molecular complexity index is 320. The van der Waals surface area contributed by atoms with Crippen LogP contribution in [0, 0.1) is 0 Å². The average Bonchev–Trinajstić information content (AvgIpc) is 2.80. The van der Waals surface area contributed by atoms with Crippen LogP contribution in [0.25, 0.3) is 0 Å². The van der Waals surface area contributed by atoms with Crippen LogP contribution in [0.5, 0.6) is 0 Å². The zero-order valence-electron chi connectivity index (χ0n) is 8.93. The predicted molar refractivity (Wildman–Crippen MR) is 64.0 cm³/mol. The second kappa shape index (κ2) is 5.77. The Kier molecular flexibility index (Phi) is 4.35. The molecule has 1 heterocycles. The maximum Gasteiger partial charge on any atom is 0.157 e. The zero-order valence-corrected chi connectivity index (χ0v) is 10.5. The third-order valence-electron chi connectivity index (χ3n) is 2.62. The van der Waals surface area contributed by atoms with E-state index in [1.807, 2.05) is 24.3 Å². The third-order valence-corrected chi connectivity index (χ3v) is 3.15. The van der Waals surface area contributed by atoms with E-state index in [-0.39, 0.29) is 6.29 Å². The Morgan fingerprint density at radius 2 is 1.88 bits per heavy atom. The number of hydrogen-bond acceptors (Lipinski definition) is 3. The van der Waals surface area contributed by atoms with E-state index in [1.54, 1.807) is 0 Å². The molecule has 1 N–H and O–H groups in total. The summed E-state index contributed by atoms with van der Waals surface area (Å²) in [6.45, 7) is 1.33. The predicted octanol–water partition coefficient (Wildman–Crippen LogP) is 2.64. The van der Waals surface area contributed by atoms with Gasteiger partial charge in [-0.05, 0) is 24.1 Å². The van der Waals surface area contributed by atoms with Crippen LogP contribution < -0.4 is 0 Å². The molecule has 0 aliphatic carbocycles. The van der Waals surface area contributed by atoms with Crippen molar-refractivity contribution in [1.82, 2.24) is 0 Å². The maximum absolute atomic E-state index is 9.95. The Morgan fingerprint density at radius 3 is 2.50 bits per heavy atom. The molecule has 0 amide bonds. The summed E-state index contributed by atoms with van der Waals surface area (Å²) < 4.78 is 11.7. The van der Waals surface area contributed by atoms with E-state index in [4.69, 9.17) is 9.47 Å². The van der Waals surface area contributed by atoms with Gasteiger partial charge in [-0.25, -0.2) is 0 Å². The Labute approximate surface area is 104 Å². The second-order valence-electron chi connectivity index (χ2n) is 3.82. The van der Waals surface area contributed by atoms with Crippen LogP contribution in [0.2, 0.25) is 0 Å². The van der Waals surface area contributed by atoms with Crippen molar-refractivity contribution in [2.75, 3.05) is 13.2 Å². The molecule has 0 saturated carbocycles. The number of halogens is 1. The van der Waals surface area contributed by atoms with Crippen molar-refractivity contribution in [3.05, 3.63) is 34.3 Å². The lowest BCUT2D eigenvalue weighted by atomic mass is 10.1. The SMILES string of the molecule is OC(CCC1OCCO1)c1ccc(Br)cc1. The first-order valence-corrected chi connectivity index (χ1v) is 6.22. The minimum Gasteiger partial charge on any atom is -0.388 e. The Hall–Kier alpha value is -0.420. The first kappa shape index (κ1) is 12.0. The van der Waals surface area contributed by atoms with Gasteiger partial charge in [0.2, 0.25) is 0 Å². The molecule has 1 aromatic carbocycles. The molecule has 0 spiro atoms. The lowest BCUT2D eigenvalue weighted by molar-refractivity contribution is -0.0542. The van der Waals surface area contributed by atoms with Gasteiger partial charge in [-0.2, -0.15) is 0 Å². The van der Waals surface area contributed by atoms with Gasteiger partial charge in [0, 0.05) is 10.9 Å². The molecule has 4 heteroatoms. The normalized spacial score (nSPS) is 18.9. The lowest BCUT2D eigenvalue weighted by Gasteiger charge is -2.13. The van der Waals surface area contributed by atoms with Gasteiger partial charge in [-0.3, -0.25) is 0 Å². The molecule has 0 aromatic heterocycles. The molecule has 1 fully saturated rings. The molecule has 1 aromatic rings. The lowest BCUT2D eigenvalue weighted by Crippen LogP contribution is -2.09. The van der Waals surface area contributed by atoms with Gasteiger partial charge >= 0.3 is 0 Å². The fraction of sp³-hybridized carbons (Fsp3) is 0.500. The van der Waals surface area contributed by atoms with E-state index >= 15 is 0 Å². The number of benzene rings is 1. The summed E-state index contributed by atoms with van der Waals surface area (Å²) in [5.41, 5.74) is 0.932. The van der Waals surface area contributed by atoms with E-state index in [0.29, 0.717) is 19.6 Å². The molecule has 1 aliphatic heterocycles. The Morgan fingerprint density at radius 1 is 1.25 bits per heavy atom. The number of aliphatic hydroxyl groups excluding tert-OH is 1. The molecule has 0 radical (unpaired) electrons. The largest absolute Gasteiger partial charge is 0.388 e. The molecule has 3 nitrogen and oxygen atoms in total. The van der Waals surface area contributed by atoms with Gasteiger partial charge in [0.15, 0.2) is 6.29 Å². The summed E-state index contributed by atoms with van der Waals surface area (Å²) in [6.07, 6.45) is 0.815. The first-order chi connectivity index (χ1) is 7.75. The van der Waals surface area contributed by atoms with Gasteiger partial charge in [-0.1, -0.05) is 28.1 Å². The van der Waals surface area contributed by atoms with Crippen molar-refractivity contribution in [2.45, 2.75) is 25.2 Å². The van der Waals surface area contributed by atoms with E-state index in [0.717, 1.165) is 16.5 Å². The Balaban J connectivity index is 1.82. The number of hydrogen-bond donors (Lipinski definition) is 1. The highest BCUT2D eigenvalue weighted by Gasteiger charge is 2.17. The summed E-state index contributed by atoms with van der Waals surface area (Å²) in [6, 6.07) is 7.71. The molecule has 1 saturated heterocycles. The summed E-state index contributed by atoms with van der Waals surface area (Å²) in [7, 11) is 0. The molecule has 1 aliphatic rings. The van der Waals surface area contributed by atoms with Crippen molar-refractivity contribution in [2.24, 2.45) is 0 Å². The first-order valence-electron chi connectivity index (χ1n) is 5.42. The average molecular weight is 287 g/mol. The summed E-state index contributed by atoms with van der Waals surface area (Å²) in [4.78, 5) is 0. The van der Waals surface area contributed by atoms with Crippen LogP contribution in [-0.2, 0) is 9.47 Å². The van der Waals surface area contributed by atoms with Crippen LogP contribution in [0.3, 0.4) is 0 Å².